The number of morpholine rings is 1. The van der Waals surface area contributed by atoms with Gasteiger partial charge in [0, 0.05) is 57.7 Å². The Labute approximate surface area is 212 Å². The van der Waals surface area contributed by atoms with E-state index in [4.69, 9.17) is 16.3 Å². The van der Waals surface area contributed by atoms with Crippen LogP contribution in [0.2, 0.25) is 5.02 Å². The van der Waals surface area contributed by atoms with Gasteiger partial charge in [-0.3, -0.25) is 14.9 Å². The number of hydrogen-bond donors (Lipinski definition) is 1. The second-order valence-electron chi connectivity index (χ2n) is 7.74. The first-order valence-corrected chi connectivity index (χ1v) is 12.3. The Morgan fingerprint density at radius 3 is 2.51 bits per heavy atom. The zero-order chi connectivity index (χ0) is 24.6. The fourth-order valence-corrected chi connectivity index (χ4v) is 4.51. The van der Waals surface area contributed by atoms with E-state index in [0.29, 0.717) is 42.5 Å². The van der Waals surface area contributed by atoms with Crippen LogP contribution in [0.25, 0.3) is 0 Å². The van der Waals surface area contributed by atoms with E-state index >= 15 is 0 Å². The van der Waals surface area contributed by atoms with Gasteiger partial charge in [-0.2, -0.15) is 5.10 Å². The zero-order valence-electron chi connectivity index (χ0n) is 18.7. The van der Waals surface area contributed by atoms with Gasteiger partial charge in [0.25, 0.3) is 11.6 Å². The molecule has 1 heterocycles. The van der Waals surface area contributed by atoms with Crippen LogP contribution in [0.4, 0.5) is 11.4 Å². The van der Waals surface area contributed by atoms with E-state index in [9.17, 15) is 14.9 Å². The maximum absolute atomic E-state index is 12.5. The van der Waals surface area contributed by atoms with Crippen LogP contribution in [-0.4, -0.2) is 43.3 Å². The first-order valence-electron chi connectivity index (χ1n) is 10.9. The van der Waals surface area contributed by atoms with Gasteiger partial charge >= 0.3 is 0 Å². The van der Waals surface area contributed by atoms with E-state index in [-0.39, 0.29) is 11.6 Å². The highest BCUT2D eigenvalue weighted by Gasteiger charge is 2.17. The molecule has 8 nitrogen and oxygen atoms in total. The van der Waals surface area contributed by atoms with Gasteiger partial charge in [-0.25, -0.2) is 5.43 Å². The van der Waals surface area contributed by atoms with Crippen molar-refractivity contribution >= 4 is 46.9 Å². The summed E-state index contributed by atoms with van der Waals surface area (Å²) >= 11 is 7.60. The number of rotatable bonds is 8. The molecule has 0 aromatic heterocycles. The molecule has 1 saturated heterocycles. The summed E-state index contributed by atoms with van der Waals surface area (Å²) in [5.41, 5.74) is 5.37. The molecule has 0 saturated carbocycles. The minimum Gasteiger partial charge on any atom is -0.378 e. The van der Waals surface area contributed by atoms with Gasteiger partial charge in [-0.15, -0.1) is 11.8 Å². The molecule has 3 aromatic carbocycles. The molecule has 0 aliphatic carbocycles. The van der Waals surface area contributed by atoms with E-state index < -0.39 is 4.92 Å². The van der Waals surface area contributed by atoms with Gasteiger partial charge in [0.2, 0.25) is 0 Å². The molecule has 1 N–H and O–H groups in total. The Kier molecular flexibility index (Phi) is 8.36. The lowest BCUT2D eigenvalue weighted by molar-refractivity contribution is -0.384. The van der Waals surface area contributed by atoms with Crippen LogP contribution < -0.4 is 10.3 Å². The lowest BCUT2D eigenvalue weighted by Crippen LogP contribution is -2.36. The molecular formula is C25H23ClN4O4S. The Bertz CT molecular complexity index is 1210. The van der Waals surface area contributed by atoms with Gasteiger partial charge in [-0.05, 0) is 48.0 Å². The van der Waals surface area contributed by atoms with Gasteiger partial charge < -0.3 is 9.64 Å². The summed E-state index contributed by atoms with van der Waals surface area (Å²) in [5.74, 6) is 0.398. The number of nitrogens with zero attached hydrogens (tertiary/aromatic N) is 3. The lowest BCUT2D eigenvalue weighted by atomic mass is 10.1. The number of carbonyl (C=O) groups is 1. The fourth-order valence-electron chi connectivity index (χ4n) is 3.53. The van der Waals surface area contributed by atoms with Gasteiger partial charge in [0.1, 0.15) is 0 Å². The molecule has 0 radical (unpaired) electrons. The monoisotopic (exact) mass is 510 g/mol. The molecule has 0 atom stereocenters. The third-order valence-electron chi connectivity index (χ3n) is 5.38. The van der Waals surface area contributed by atoms with Crippen LogP contribution in [0.15, 0.2) is 76.7 Å². The number of hydrazone groups is 1. The van der Waals surface area contributed by atoms with Crippen LogP contribution in [0.5, 0.6) is 0 Å². The summed E-state index contributed by atoms with van der Waals surface area (Å²) in [5, 5.41) is 16.0. The van der Waals surface area contributed by atoms with Crippen LogP contribution >= 0.6 is 23.4 Å². The van der Waals surface area contributed by atoms with Crippen molar-refractivity contribution in [3.8, 4) is 0 Å². The summed E-state index contributed by atoms with van der Waals surface area (Å²) < 4.78 is 5.39. The molecule has 0 bridgehead atoms. The molecule has 180 valence electrons. The molecule has 10 heteroatoms. The summed E-state index contributed by atoms with van der Waals surface area (Å²) in [6.45, 7) is 2.51. The molecule has 0 spiro atoms. The number of thioether (sulfide) groups is 1. The van der Waals surface area contributed by atoms with Crippen molar-refractivity contribution in [1.82, 2.24) is 5.43 Å². The van der Waals surface area contributed by atoms with Crippen LogP contribution in [0.1, 0.15) is 21.5 Å². The maximum Gasteiger partial charge on any atom is 0.271 e. The van der Waals surface area contributed by atoms with Crippen molar-refractivity contribution in [3.63, 3.8) is 0 Å². The van der Waals surface area contributed by atoms with E-state index in [1.165, 1.54) is 18.3 Å². The predicted octanol–water partition coefficient (Wildman–Crippen LogP) is 5.14. The average molecular weight is 511 g/mol. The first kappa shape index (κ1) is 24.7. The summed E-state index contributed by atoms with van der Waals surface area (Å²) in [4.78, 5) is 26.5. The first-order chi connectivity index (χ1) is 17.0. The molecule has 1 amide bonds. The number of carbonyl (C=O) groups excluding carboxylic acids is 1. The Morgan fingerprint density at radius 2 is 1.83 bits per heavy atom. The second-order valence-corrected chi connectivity index (χ2v) is 9.22. The Balaban J connectivity index is 1.39. The molecule has 3 aromatic rings. The molecular weight excluding hydrogens is 488 g/mol. The van der Waals surface area contributed by atoms with Crippen molar-refractivity contribution in [3.05, 3.63) is 98.6 Å². The average Bonchev–Trinajstić information content (AvgIpc) is 2.89. The van der Waals surface area contributed by atoms with E-state index in [2.05, 4.69) is 15.4 Å². The topological polar surface area (TPSA) is 97.1 Å². The van der Waals surface area contributed by atoms with Crippen LogP contribution in [-0.2, 0) is 10.5 Å². The number of nitrogens with one attached hydrogen (secondary N) is 1. The molecule has 0 unspecified atom stereocenters. The Hall–Kier alpha value is -3.40. The third-order valence-corrected chi connectivity index (χ3v) is 6.71. The van der Waals surface area contributed by atoms with E-state index in [0.717, 1.165) is 21.9 Å². The third kappa shape index (κ3) is 6.82. The SMILES string of the molecule is O=C(N/N=C\c1cc([N+](=O)[O-])ccc1N1CCOCC1)c1ccc(CSc2ccc(Cl)cc2)cc1. The number of nitro groups is 1. The van der Waals surface area contributed by atoms with Crippen molar-refractivity contribution in [2.75, 3.05) is 31.2 Å². The fraction of sp³-hybridized carbons (Fsp3) is 0.200. The number of amides is 1. The number of non-ortho nitro benzene ring substituents is 1. The van der Waals surface area contributed by atoms with Crippen LogP contribution in [0.3, 0.4) is 0 Å². The van der Waals surface area contributed by atoms with Crippen molar-refractivity contribution in [1.29, 1.82) is 0 Å². The second kappa shape index (κ2) is 11.8. The zero-order valence-corrected chi connectivity index (χ0v) is 20.3. The van der Waals surface area contributed by atoms with Gasteiger partial charge in [-0.1, -0.05) is 23.7 Å². The smallest absolute Gasteiger partial charge is 0.271 e. The lowest BCUT2D eigenvalue weighted by Gasteiger charge is -2.29. The highest BCUT2D eigenvalue weighted by Crippen LogP contribution is 2.26. The number of anilines is 1. The largest absolute Gasteiger partial charge is 0.378 e. The van der Waals surface area contributed by atoms with Gasteiger partial charge in [0.05, 0.1) is 24.4 Å². The van der Waals surface area contributed by atoms with E-state index in [1.807, 2.05) is 36.4 Å². The number of halogens is 1. The summed E-state index contributed by atoms with van der Waals surface area (Å²) in [6, 6.07) is 19.6. The summed E-state index contributed by atoms with van der Waals surface area (Å²) in [7, 11) is 0. The number of benzene rings is 3. The van der Waals surface area contributed by atoms with Crippen molar-refractivity contribution in [2.45, 2.75) is 10.6 Å². The van der Waals surface area contributed by atoms with Crippen molar-refractivity contribution < 1.29 is 14.5 Å². The molecule has 35 heavy (non-hydrogen) atoms. The highest BCUT2D eigenvalue weighted by atomic mass is 35.5. The standard InChI is InChI=1S/C25H23ClN4O4S/c26-21-5-8-23(9-6-21)35-17-18-1-3-19(4-2-18)25(31)28-27-16-20-15-22(30(32)33)7-10-24(20)29-11-13-34-14-12-29/h1-10,15-16H,11-14,17H2,(H,28,31)/b27-16-. The van der Waals surface area contributed by atoms with Gasteiger partial charge in [0.15, 0.2) is 0 Å². The Morgan fingerprint density at radius 1 is 1.11 bits per heavy atom. The molecule has 1 fully saturated rings. The predicted molar refractivity (Wildman–Crippen MR) is 139 cm³/mol. The number of hydrogen-bond acceptors (Lipinski definition) is 7. The van der Waals surface area contributed by atoms with Crippen LogP contribution in [0, 0.1) is 10.1 Å². The molecule has 1 aliphatic rings. The minimum absolute atomic E-state index is 0.0400. The van der Waals surface area contributed by atoms with E-state index in [1.54, 1.807) is 30.0 Å². The molecule has 1 aliphatic heterocycles. The molecule has 4 rings (SSSR count). The maximum atomic E-state index is 12.5. The quantitative estimate of drug-likeness (QED) is 0.195. The number of ether oxygens (including phenoxy) is 1. The number of nitro benzene ring substituents is 1. The summed E-state index contributed by atoms with van der Waals surface area (Å²) in [6.07, 6.45) is 1.44. The highest BCUT2D eigenvalue weighted by molar-refractivity contribution is 7.98. The normalized spacial score (nSPS) is 13.7. The van der Waals surface area contributed by atoms with Crippen molar-refractivity contribution in [2.24, 2.45) is 5.10 Å². The minimum atomic E-state index is -0.453.